The van der Waals surface area contributed by atoms with Crippen LogP contribution in [0.2, 0.25) is 0 Å². The van der Waals surface area contributed by atoms with E-state index < -0.39 is 0 Å². The summed E-state index contributed by atoms with van der Waals surface area (Å²) in [5.74, 6) is 0.910. The van der Waals surface area contributed by atoms with Crippen LogP contribution in [-0.4, -0.2) is 7.11 Å². The molecule has 0 bridgehead atoms. The molecule has 0 amide bonds. The van der Waals surface area contributed by atoms with Gasteiger partial charge >= 0.3 is 0 Å². The van der Waals surface area contributed by atoms with Crippen LogP contribution in [0.4, 0.5) is 0 Å². The van der Waals surface area contributed by atoms with Crippen LogP contribution in [0.15, 0.2) is 30.3 Å². The lowest BCUT2D eigenvalue weighted by molar-refractivity contribution is 0.419. The summed E-state index contributed by atoms with van der Waals surface area (Å²) < 4.78 is 5.41. The Morgan fingerprint density at radius 1 is 1.12 bits per heavy atom. The normalized spacial score (nSPS) is 10.7. The Balaban J connectivity index is 2.69. The van der Waals surface area contributed by atoms with Gasteiger partial charge in [0.15, 0.2) is 0 Å². The maximum atomic E-state index is 5.66. The van der Waals surface area contributed by atoms with Gasteiger partial charge < -0.3 is 10.5 Å². The summed E-state index contributed by atoms with van der Waals surface area (Å²) >= 11 is 0. The number of fused-ring (bicyclic) bond motifs is 1. The Morgan fingerprint density at radius 3 is 2.56 bits per heavy atom. The quantitative estimate of drug-likeness (QED) is 0.854. The highest BCUT2D eigenvalue weighted by Crippen LogP contribution is 2.28. The molecule has 0 aromatic heterocycles. The van der Waals surface area contributed by atoms with E-state index in [1.807, 2.05) is 6.07 Å². The number of ether oxygens (including phenoxy) is 1. The van der Waals surface area contributed by atoms with Gasteiger partial charge in [0, 0.05) is 11.9 Å². The van der Waals surface area contributed by atoms with E-state index in [9.17, 15) is 0 Å². The molecule has 2 nitrogen and oxygen atoms in total. The van der Waals surface area contributed by atoms with Gasteiger partial charge in [-0.1, -0.05) is 19.1 Å². The first-order valence-electron chi connectivity index (χ1n) is 5.58. The van der Waals surface area contributed by atoms with Gasteiger partial charge in [0.05, 0.1) is 7.11 Å². The summed E-state index contributed by atoms with van der Waals surface area (Å²) in [5, 5.41) is 2.36. The lowest BCUT2D eigenvalue weighted by Gasteiger charge is -2.09. The van der Waals surface area contributed by atoms with E-state index in [2.05, 4.69) is 31.2 Å². The van der Waals surface area contributed by atoms with Gasteiger partial charge in [0.25, 0.3) is 0 Å². The van der Waals surface area contributed by atoms with E-state index in [4.69, 9.17) is 10.5 Å². The average Bonchev–Trinajstić information content (AvgIpc) is 2.36. The van der Waals surface area contributed by atoms with Crippen LogP contribution >= 0.6 is 0 Å². The second-order valence-corrected chi connectivity index (χ2v) is 3.91. The summed E-state index contributed by atoms with van der Waals surface area (Å²) in [6.45, 7) is 2.70. The van der Waals surface area contributed by atoms with Crippen molar-refractivity contribution in [1.82, 2.24) is 0 Å². The molecule has 0 aliphatic rings. The van der Waals surface area contributed by atoms with E-state index in [1.54, 1.807) is 7.11 Å². The van der Waals surface area contributed by atoms with Crippen molar-refractivity contribution in [3.05, 3.63) is 41.5 Å². The first-order chi connectivity index (χ1) is 7.78. The molecule has 0 aliphatic carbocycles. The first kappa shape index (κ1) is 11.0. The molecular weight excluding hydrogens is 198 g/mol. The highest BCUT2D eigenvalue weighted by Gasteiger charge is 2.04. The van der Waals surface area contributed by atoms with Gasteiger partial charge in [0.1, 0.15) is 5.75 Å². The molecule has 0 atom stereocenters. The van der Waals surface area contributed by atoms with Gasteiger partial charge in [-0.25, -0.2) is 0 Å². The maximum absolute atomic E-state index is 5.66. The standard InChI is InChI=1S/C14H17NO/c1-3-10-4-5-12-6-11(9-15)8-14(16-2)13(12)7-10/h4-8H,3,9,15H2,1-2H3. The number of nitrogens with two attached hydrogens (primary N) is 1. The Bertz CT molecular complexity index is 505. The van der Waals surface area contributed by atoms with Crippen LogP contribution in [0.25, 0.3) is 10.8 Å². The van der Waals surface area contributed by atoms with Crippen molar-refractivity contribution in [1.29, 1.82) is 0 Å². The van der Waals surface area contributed by atoms with Gasteiger partial charge in [-0.05, 0) is 41.1 Å². The zero-order valence-corrected chi connectivity index (χ0v) is 9.79. The number of rotatable bonds is 3. The summed E-state index contributed by atoms with van der Waals surface area (Å²) in [7, 11) is 1.70. The summed E-state index contributed by atoms with van der Waals surface area (Å²) in [4.78, 5) is 0. The molecule has 2 aromatic carbocycles. The molecule has 16 heavy (non-hydrogen) atoms. The molecule has 0 unspecified atom stereocenters. The van der Waals surface area contributed by atoms with E-state index >= 15 is 0 Å². The van der Waals surface area contributed by atoms with Crippen molar-refractivity contribution in [2.75, 3.05) is 7.11 Å². The SMILES string of the molecule is CCc1ccc2cc(CN)cc(OC)c2c1. The monoisotopic (exact) mass is 215 g/mol. The van der Waals surface area contributed by atoms with E-state index in [-0.39, 0.29) is 0 Å². The number of hydrogen-bond acceptors (Lipinski definition) is 2. The van der Waals surface area contributed by atoms with Crippen LogP contribution in [0.3, 0.4) is 0 Å². The zero-order chi connectivity index (χ0) is 11.5. The third-order valence-electron chi connectivity index (χ3n) is 2.90. The lowest BCUT2D eigenvalue weighted by Crippen LogP contribution is -1.97. The minimum absolute atomic E-state index is 0.543. The highest BCUT2D eigenvalue weighted by atomic mass is 16.5. The second-order valence-electron chi connectivity index (χ2n) is 3.91. The molecule has 0 radical (unpaired) electrons. The largest absolute Gasteiger partial charge is 0.496 e. The third kappa shape index (κ3) is 1.89. The Labute approximate surface area is 96.0 Å². The van der Waals surface area contributed by atoms with Crippen LogP contribution in [0.1, 0.15) is 18.1 Å². The molecule has 2 aromatic rings. The number of methoxy groups -OCH3 is 1. The van der Waals surface area contributed by atoms with Crippen LogP contribution in [0.5, 0.6) is 5.75 Å². The summed E-state index contributed by atoms with van der Waals surface area (Å²) in [5.41, 5.74) is 8.10. The van der Waals surface area contributed by atoms with Crippen molar-refractivity contribution >= 4 is 10.8 Å². The minimum atomic E-state index is 0.543. The molecule has 0 spiro atoms. The van der Waals surface area contributed by atoms with Crippen molar-refractivity contribution in [2.45, 2.75) is 19.9 Å². The minimum Gasteiger partial charge on any atom is -0.496 e. The Kier molecular flexibility index (Phi) is 3.11. The summed E-state index contributed by atoms with van der Waals surface area (Å²) in [6.07, 6.45) is 1.04. The number of benzene rings is 2. The van der Waals surface area contributed by atoms with E-state index in [0.29, 0.717) is 6.54 Å². The van der Waals surface area contributed by atoms with Gasteiger partial charge in [0.2, 0.25) is 0 Å². The average molecular weight is 215 g/mol. The molecular formula is C14H17NO. The Hall–Kier alpha value is -1.54. The zero-order valence-electron chi connectivity index (χ0n) is 9.79. The fourth-order valence-corrected chi connectivity index (χ4v) is 1.94. The van der Waals surface area contributed by atoms with Crippen LogP contribution in [-0.2, 0) is 13.0 Å². The Morgan fingerprint density at radius 2 is 1.94 bits per heavy atom. The van der Waals surface area contributed by atoms with Gasteiger partial charge in [-0.2, -0.15) is 0 Å². The van der Waals surface area contributed by atoms with Crippen LogP contribution < -0.4 is 10.5 Å². The summed E-state index contributed by atoms with van der Waals surface area (Å²) in [6, 6.07) is 10.6. The molecule has 2 heteroatoms. The van der Waals surface area contributed by atoms with E-state index in [1.165, 1.54) is 16.3 Å². The van der Waals surface area contributed by atoms with Gasteiger partial charge in [-0.15, -0.1) is 0 Å². The fourth-order valence-electron chi connectivity index (χ4n) is 1.94. The fraction of sp³-hybridized carbons (Fsp3) is 0.286. The van der Waals surface area contributed by atoms with Gasteiger partial charge in [-0.3, -0.25) is 0 Å². The lowest BCUT2D eigenvalue weighted by atomic mass is 10.0. The third-order valence-corrected chi connectivity index (χ3v) is 2.90. The smallest absolute Gasteiger partial charge is 0.127 e. The van der Waals surface area contributed by atoms with E-state index in [0.717, 1.165) is 17.7 Å². The molecule has 84 valence electrons. The van der Waals surface area contributed by atoms with Crippen molar-refractivity contribution < 1.29 is 4.74 Å². The maximum Gasteiger partial charge on any atom is 0.127 e. The topological polar surface area (TPSA) is 35.2 Å². The predicted octanol–water partition coefficient (Wildman–Crippen LogP) is 2.87. The van der Waals surface area contributed by atoms with Crippen molar-refractivity contribution in [3.63, 3.8) is 0 Å². The molecule has 0 heterocycles. The molecule has 0 saturated heterocycles. The first-order valence-corrected chi connectivity index (χ1v) is 5.58. The molecule has 0 saturated carbocycles. The van der Waals surface area contributed by atoms with Crippen LogP contribution in [0, 0.1) is 0 Å². The number of hydrogen-bond donors (Lipinski definition) is 1. The predicted molar refractivity (Wildman–Crippen MR) is 67.8 cm³/mol. The molecule has 0 fully saturated rings. The van der Waals surface area contributed by atoms with Crippen molar-refractivity contribution in [3.8, 4) is 5.75 Å². The van der Waals surface area contributed by atoms with Crippen molar-refractivity contribution in [2.24, 2.45) is 5.73 Å². The number of aryl methyl sites for hydroxylation is 1. The molecule has 2 rings (SSSR count). The second kappa shape index (κ2) is 4.54. The molecule has 2 N–H and O–H groups in total. The molecule has 0 aliphatic heterocycles. The highest BCUT2D eigenvalue weighted by molar-refractivity contribution is 5.89.